The minimum absolute atomic E-state index is 0.0347. The number of carboxylic acid groups (broad SMARTS) is 1. The molecule has 3 saturated heterocycles. The lowest BCUT2D eigenvalue weighted by Crippen LogP contribution is -2.53. The summed E-state index contributed by atoms with van der Waals surface area (Å²) >= 11 is 13.3. The predicted molar refractivity (Wildman–Crippen MR) is 196 cm³/mol. The van der Waals surface area contributed by atoms with E-state index in [0.29, 0.717) is 46.5 Å². The van der Waals surface area contributed by atoms with Crippen molar-refractivity contribution in [3.05, 3.63) is 111 Å². The van der Waals surface area contributed by atoms with Crippen LogP contribution in [0.1, 0.15) is 77.1 Å². The molecule has 1 N–H and O–H groups in total. The summed E-state index contributed by atoms with van der Waals surface area (Å²) in [6.07, 6.45) is 9.71. The first-order valence-electron chi connectivity index (χ1n) is 18.1. The van der Waals surface area contributed by atoms with Gasteiger partial charge in [0.15, 0.2) is 11.5 Å². The summed E-state index contributed by atoms with van der Waals surface area (Å²) in [4.78, 5) is 35.0. The number of halogens is 2. The fourth-order valence-electron chi connectivity index (χ4n) is 7.89. The van der Waals surface area contributed by atoms with Gasteiger partial charge < -0.3 is 24.1 Å². The average Bonchev–Trinajstić information content (AvgIpc) is 3.67. The van der Waals surface area contributed by atoms with Crippen LogP contribution in [0.25, 0.3) is 0 Å². The van der Waals surface area contributed by atoms with Crippen LogP contribution >= 0.6 is 23.2 Å². The molecule has 8 rings (SSSR count). The molecule has 2 bridgehead atoms. The van der Waals surface area contributed by atoms with Crippen molar-refractivity contribution in [3.8, 4) is 11.5 Å². The molecule has 278 valence electrons. The number of fused-ring (bicyclic) bond motifs is 3. The van der Waals surface area contributed by atoms with Crippen LogP contribution in [0, 0.1) is 5.92 Å². The molecule has 4 aromatic rings. The number of anilines is 1. The number of hydrogen-bond donors (Lipinski definition) is 1. The summed E-state index contributed by atoms with van der Waals surface area (Å²) in [6.45, 7) is 2.78. The van der Waals surface area contributed by atoms with E-state index in [-0.39, 0.29) is 40.8 Å². The molecule has 5 heterocycles. The summed E-state index contributed by atoms with van der Waals surface area (Å²) in [5.41, 5.74) is 2.24. The highest BCUT2D eigenvalue weighted by Crippen LogP contribution is 2.40. The number of ether oxygens (including phenoxy) is 3. The highest BCUT2D eigenvalue weighted by Gasteiger charge is 2.38. The van der Waals surface area contributed by atoms with Crippen molar-refractivity contribution in [1.82, 2.24) is 9.88 Å². The standard InChI is InChI=1S/C40H42Cl2N4O7/c1-51-35-12-10-27(19-36(35)52-28-6-2-3-7-28)30(20-32-33(41)22-45(50)23-34(32)42)31-18-25(9-11-29(31)39(47)48)21-46(38-8-4-5-15-43-38)40(49)53-37-24-44-16-13-26(37)14-17-44/h4-5,8-12,15,18-19,22-23,26,28,30,37H,2-3,6-7,13-14,16-17,20-21,24H2,1H3,(H-,47,48,50)/t30-,37-/m0/s1. The zero-order valence-corrected chi connectivity index (χ0v) is 31.0. The smallest absolute Gasteiger partial charge is 0.416 e. The van der Waals surface area contributed by atoms with Gasteiger partial charge >= 0.3 is 6.09 Å². The first-order chi connectivity index (χ1) is 25.7. The number of methoxy groups -OCH3 is 1. The number of carbonyl (C=O) groups excluding carboxylic acids is 2. The molecule has 0 unspecified atom stereocenters. The highest BCUT2D eigenvalue weighted by atomic mass is 35.5. The van der Waals surface area contributed by atoms with Gasteiger partial charge in [0.05, 0.1) is 25.7 Å². The lowest BCUT2D eigenvalue weighted by atomic mass is 9.82. The van der Waals surface area contributed by atoms with Gasteiger partial charge in [0, 0.05) is 34.5 Å². The number of piperidine rings is 3. The lowest BCUT2D eigenvalue weighted by molar-refractivity contribution is -0.904. The van der Waals surface area contributed by atoms with Gasteiger partial charge in [-0.3, -0.25) is 15.0 Å². The molecule has 0 spiro atoms. The number of rotatable bonds is 12. The van der Waals surface area contributed by atoms with E-state index in [1.807, 2.05) is 12.1 Å². The molecule has 1 saturated carbocycles. The number of aromatic nitrogens is 2. The normalized spacial score (nSPS) is 20.2. The summed E-state index contributed by atoms with van der Waals surface area (Å²) in [5, 5.41) is 23.3. The van der Waals surface area contributed by atoms with Crippen molar-refractivity contribution in [2.75, 3.05) is 31.6 Å². The quantitative estimate of drug-likeness (QED) is 0.132. The number of carbonyl (C=O) groups is 2. The molecule has 1 amide bonds. The molecule has 2 aromatic carbocycles. The van der Waals surface area contributed by atoms with Crippen LogP contribution in [-0.4, -0.2) is 66.1 Å². The van der Waals surface area contributed by atoms with Crippen LogP contribution in [0.5, 0.6) is 11.5 Å². The summed E-state index contributed by atoms with van der Waals surface area (Å²) in [5.74, 6) is -0.195. The SMILES string of the molecule is COc1ccc([C@H](Cc2c(Cl)c[n+](O)cc2Cl)c2cc(CN(C(=O)O[C@H]3CN4CCC3CC4)c3ccccn3)ccc2C(=O)[O-])cc1OC1CCCC1. The third kappa shape index (κ3) is 8.32. The molecule has 4 aliphatic rings. The monoisotopic (exact) mass is 760 g/mol. The van der Waals surface area contributed by atoms with Crippen molar-refractivity contribution in [2.24, 2.45) is 5.92 Å². The van der Waals surface area contributed by atoms with Crippen LogP contribution in [0.3, 0.4) is 0 Å². The Morgan fingerprint density at radius 3 is 2.42 bits per heavy atom. The molecular weight excluding hydrogens is 719 g/mol. The molecule has 2 aromatic heterocycles. The summed E-state index contributed by atoms with van der Waals surface area (Å²) in [6, 6.07) is 15.8. The Bertz CT molecular complexity index is 1930. The maximum Gasteiger partial charge on any atom is 0.416 e. The molecule has 1 aliphatic carbocycles. The molecule has 11 nitrogen and oxygen atoms in total. The van der Waals surface area contributed by atoms with Crippen molar-refractivity contribution < 1.29 is 38.8 Å². The molecule has 4 fully saturated rings. The van der Waals surface area contributed by atoms with Gasteiger partial charge in [-0.15, -0.1) is 0 Å². The fourth-order valence-corrected chi connectivity index (χ4v) is 8.50. The topological polar surface area (TPSA) is 128 Å². The van der Waals surface area contributed by atoms with E-state index in [0.717, 1.165) is 61.9 Å². The molecule has 2 atom stereocenters. The van der Waals surface area contributed by atoms with Crippen LogP contribution in [-0.2, 0) is 17.7 Å². The van der Waals surface area contributed by atoms with Gasteiger partial charge in [-0.1, -0.05) is 53.5 Å². The summed E-state index contributed by atoms with van der Waals surface area (Å²) in [7, 11) is 1.58. The van der Waals surface area contributed by atoms with Crippen molar-refractivity contribution in [2.45, 2.75) is 69.6 Å². The maximum atomic E-state index is 14.0. The van der Waals surface area contributed by atoms with E-state index in [9.17, 15) is 19.9 Å². The Labute approximate surface area is 318 Å². The van der Waals surface area contributed by atoms with Gasteiger partial charge in [-0.25, -0.2) is 9.78 Å². The van der Waals surface area contributed by atoms with E-state index in [2.05, 4.69) is 9.88 Å². The van der Waals surface area contributed by atoms with Crippen LogP contribution in [0.15, 0.2) is 73.2 Å². The first kappa shape index (κ1) is 36.8. The van der Waals surface area contributed by atoms with Crippen molar-refractivity contribution >= 4 is 41.1 Å². The van der Waals surface area contributed by atoms with Gasteiger partial charge in [0.25, 0.3) is 0 Å². The van der Waals surface area contributed by atoms with Gasteiger partial charge in [-0.05, 0) is 105 Å². The van der Waals surface area contributed by atoms with Crippen LogP contribution in [0.4, 0.5) is 10.6 Å². The Hall–Kier alpha value is -4.58. The van der Waals surface area contributed by atoms with E-state index in [4.69, 9.17) is 37.4 Å². The van der Waals surface area contributed by atoms with Gasteiger partial charge in [-0.2, -0.15) is 0 Å². The number of aromatic carboxylic acids is 1. The second kappa shape index (κ2) is 16.2. The zero-order chi connectivity index (χ0) is 37.1. The Balaban J connectivity index is 1.29. The fraction of sp³-hybridized carbons (Fsp3) is 0.400. The Kier molecular flexibility index (Phi) is 11.2. The van der Waals surface area contributed by atoms with Gasteiger partial charge in [0.2, 0.25) is 12.4 Å². The number of amides is 1. The molecule has 3 aliphatic heterocycles. The maximum absolute atomic E-state index is 14.0. The second-order valence-corrected chi connectivity index (χ2v) is 14.9. The van der Waals surface area contributed by atoms with Crippen LogP contribution < -0.4 is 24.2 Å². The largest absolute Gasteiger partial charge is 0.545 e. The molecule has 0 radical (unpaired) electrons. The first-order valence-corrected chi connectivity index (χ1v) is 18.8. The number of carboxylic acids is 1. The number of benzene rings is 2. The van der Waals surface area contributed by atoms with Crippen molar-refractivity contribution in [3.63, 3.8) is 0 Å². The predicted octanol–water partition coefficient (Wildman–Crippen LogP) is 6.22. The lowest BCUT2D eigenvalue weighted by Gasteiger charge is -2.44. The van der Waals surface area contributed by atoms with E-state index in [1.54, 1.807) is 49.7 Å². The Morgan fingerprint density at radius 1 is 1.02 bits per heavy atom. The van der Waals surface area contributed by atoms with Crippen LogP contribution in [0.2, 0.25) is 10.0 Å². The number of nitrogens with zero attached hydrogens (tertiary/aromatic N) is 4. The molecule has 13 heteroatoms. The van der Waals surface area contributed by atoms with E-state index >= 15 is 0 Å². The zero-order valence-electron chi connectivity index (χ0n) is 29.5. The minimum atomic E-state index is -1.37. The van der Waals surface area contributed by atoms with Crippen molar-refractivity contribution in [1.29, 1.82) is 0 Å². The highest BCUT2D eigenvalue weighted by molar-refractivity contribution is 6.35. The third-order valence-electron chi connectivity index (χ3n) is 10.7. The molecular formula is C40H42Cl2N4O7. The average molecular weight is 762 g/mol. The van der Waals surface area contributed by atoms with E-state index < -0.39 is 18.0 Å². The van der Waals surface area contributed by atoms with Gasteiger partial charge in [0.1, 0.15) is 22.0 Å². The number of pyridine rings is 2. The summed E-state index contributed by atoms with van der Waals surface area (Å²) < 4.78 is 19.0. The number of hydrogen-bond acceptors (Lipinski definition) is 9. The Morgan fingerprint density at radius 2 is 1.77 bits per heavy atom. The third-order valence-corrected chi connectivity index (χ3v) is 11.4. The van der Waals surface area contributed by atoms with E-state index in [1.165, 1.54) is 23.4 Å². The molecule has 53 heavy (non-hydrogen) atoms. The minimum Gasteiger partial charge on any atom is -0.545 e. The second-order valence-electron chi connectivity index (χ2n) is 14.0.